The van der Waals surface area contributed by atoms with E-state index in [9.17, 15) is 0 Å². The average molecular weight is 489 g/mol. The van der Waals surface area contributed by atoms with E-state index < -0.39 is 6.89 Å². The number of ether oxygens (including phenoxy) is 2. The number of unbranched alkanes of at least 4 members (excludes halogenated alkanes) is 3. The Bertz CT molecular complexity index is 916. The van der Waals surface area contributed by atoms with Gasteiger partial charge in [-0.2, -0.15) is 0 Å². The van der Waals surface area contributed by atoms with Crippen molar-refractivity contribution in [3.05, 3.63) is 103 Å². The highest BCUT2D eigenvalue weighted by Crippen LogP contribution is 2.44. The molecule has 0 saturated carbocycles. The molecule has 0 aliphatic carbocycles. The molecule has 0 N–H and O–H groups in total. The van der Waals surface area contributed by atoms with Gasteiger partial charge in [0.25, 0.3) is 0 Å². The Morgan fingerprint density at radius 2 is 1.06 bits per heavy atom. The number of hydrogen-bond acceptors (Lipinski definition) is 2. The van der Waals surface area contributed by atoms with Crippen LogP contribution in [0.15, 0.2) is 103 Å². The maximum atomic E-state index is 5.97. The van der Waals surface area contributed by atoms with E-state index >= 15 is 0 Å². The van der Waals surface area contributed by atoms with Gasteiger partial charge in [0.2, 0.25) is 0 Å². The van der Waals surface area contributed by atoms with Crippen LogP contribution in [0.4, 0.5) is 0 Å². The van der Waals surface area contributed by atoms with Gasteiger partial charge in [-0.05, 0) is 54.6 Å². The minimum Gasteiger partial charge on any atom is -0.349 e. The van der Waals surface area contributed by atoms with Crippen LogP contribution in [0.5, 0.6) is 0 Å². The number of rotatable bonds is 15. The summed E-state index contributed by atoms with van der Waals surface area (Å²) in [6, 6.07) is 33.0. The summed E-state index contributed by atoms with van der Waals surface area (Å²) in [6.45, 7) is 3.98. The van der Waals surface area contributed by atoms with E-state index in [2.05, 4.69) is 123 Å². The Morgan fingerprint density at radius 1 is 0.629 bits per heavy atom. The maximum Gasteiger partial charge on any atom is 0.176 e. The largest absolute Gasteiger partial charge is 0.349 e. The first kappa shape index (κ1) is 27.2. The summed E-state index contributed by atoms with van der Waals surface area (Å²) in [6.07, 6.45) is 10.4. The van der Waals surface area contributed by atoms with Crippen molar-refractivity contribution in [2.45, 2.75) is 58.7 Å². The lowest BCUT2D eigenvalue weighted by atomic mass is 10.3. The van der Waals surface area contributed by atoms with Crippen LogP contribution >= 0.6 is 6.89 Å². The first-order chi connectivity index (χ1) is 17.3. The third-order valence-corrected chi connectivity index (χ3v) is 10.2. The molecule has 186 valence electrons. The van der Waals surface area contributed by atoms with Gasteiger partial charge < -0.3 is 9.47 Å². The molecule has 0 unspecified atom stereocenters. The molecule has 0 aliphatic rings. The highest BCUT2D eigenvalue weighted by atomic mass is 31.2. The molecule has 3 heteroatoms. The van der Waals surface area contributed by atoms with E-state index in [1.165, 1.54) is 15.9 Å². The van der Waals surface area contributed by atoms with Crippen LogP contribution in [0.1, 0.15) is 52.4 Å². The molecular formula is C32H41O2P. The standard InChI is InChI=1S/C32H41O2P/c1-3-5-26-33-32(34-27-6-4-2)25-17-10-18-28-35(29-19-11-7-12-20-29,30-21-13-8-14-22-30)31-23-15-9-16-24-31/h7-9,11-17,19-25,28,32H,3-6,10,18,26-27H2,1-2H3/b25-17-. The summed E-state index contributed by atoms with van der Waals surface area (Å²) in [4.78, 5) is 0. The molecule has 3 rings (SSSR count). The summed E-state index contributed by atoms with van der Waals surface area (Å²) < 4.78 is 11.9. The normalized spacial score (nSPS) is 11.9. The van der Waals surface area contributed by atoms with Gasteiger partial charge in [0.05, 0.1) is 13.2 Å². The van der Waals surface area contributed by atoms with Crippen LogP contribution in [-0.2, 0) is 9.47 Å². The smallest absolute Gasteiger partial charge is 0.176 e. The van der Waals surface area contributed by atoms with Crippen molar-refractivity contribution >= 4 is 28.6 Å². The Labute approximate surface area is 213 Å². The maximum absolute atomic E-state index is 5.97. The average Bonchev–Trinajstić information content (AvgIpc) is 2.92. The van der Waals surface area contributed by atoms with E-state index in [-0.39, 0.29) is 6.29 Å². The molecule has 0 fully saturated rings. The topological polar surface area (TPSA) is 18.5 Å². The van der Waals surface area contributed by atoms with Crippen LogP contribution in [0.25, 0.3) is 0 Å². The molecule has 0 bridgehead atoms. The summed E-state index contributed by atoms with van der Waals surface area (Å²) in [5.74, 6) is 2.59. The Hall–Kier alpha value is -2.38. The van der Waals surface area contributed by atoms with Gasteiger partial charge in [0, 0.05) is 0 Å². The molecule has 0 amide bonds. The van der Waals surface area contributed by atoms with Crippen molar-refractivity contribution in [3.8, 4) is 0 Å². The van der Waals surface area contributed by atoms with Crippen LogP contribution in [0.3, 0.4) is 0 Å². The number of allylic oxidation sites excluding steroid dienone is 1. The van der Waals surface area contributed by atoms with Gasteiger partial charge in [0.1, 0.15) is 0 Å². The molecule has 0 radical (unpaired) electrons. The van der Waals surface area contributed by atoms with Gasteiger partial charge >= 0.3 is 0 Å². The van der Waals surface area contributed by atoms with E-state index in [4.69, 9.17) is 9.47 Å². The van der Waals surface area contributed by atoms with Crippen molar-refractivity contribution in [2.24, 2.45) is 0 Å². The fourth-order valence-electron chi connectivity index (χ4n) is 4.17. The molecule has 0 saturated heterocycles. The van der Waals surface area contributed by atoms with Crippen molar-refractivity contribution in [3.63, 3.8) is 0 Å². The second kappa shape index (κ2) is 15.6. The minimum atomic E-state index is -1.88. The van der Waals surface area contributed by atoms with Crippen LogP contribution < -0.4 is 15.9 Å². The molecular weight excluding hydrogens is 447 g/mol. The van der Waals surface area contributed by atoms with Gasteiger partial charge in [-0.15, -0.1) is 0 Å². The second-order valence-corrected chi connectivity index (χ2v) is 12.1. The molecule has 3 aromatic carbocycles. The fraction of sp³-hybridized carbons (Fsp3) is 0.344. The van der Waals surface area contributed by atoms with Crippen LogP contribution in [0.2, 0.25) is 0 Å². The SMILES string of the molecule is CCCCOC(/C=C\CCC=P(c1ccccc1)(c1ccccc1)c1ccccc1)OCCCC. The molecule has 0 aliphatic heterocycles. The lowest BCUT2D eigenvalue weighted by molar-refractivity contribution is -0.112. The van der Waals surface area contributed by atoms with Gasteiger partial charge in [-0.1, -0.05) is 130 Å². The molecule has 35 heavy (non-hydrogen) atoms. The molecule has 0 heterocycles. The molecule has 0 atom stereocenters. The van der Waals surface area contributed by atoms with E-state index in [0.717, 1.165) is 51.7 Å². The molecule has 0 aromatic heterocycles. The van der Waals surface area contributed by atoms with Crippen LogP contribution in [-0.4, -0.2) is 25.3 Å². The van der Waals surface area contributed by atoms with Crippen molar-refractivity contribution in [2.75, 3.05) is 13.2 Å². The summed E-state index contributed by atoms with van der Waals surface area (Å²) in [5, 5.41) is 4.18. The second-order valence-electron chi connectivity index (χ2n) is 8.73. The third-order valence-electron chi connectivity index (χ3n) is 6.08. The first-order valence-electron chi connectivity index (χ1n) is 13.1. The highest BCUT2D eigenvalue weighted by Gasteiger charge is 2.24. The van der Waals surface area contributed by atoms with Gasteiger partial charge in [-0.3, -0.25) is 0 Å². The monoisotopic (exact) mass is 488 g/mol. The quantitative estimate of drug-likeness (QED) is 0.0985. The zero-order valence-electron chi connectivity index (χ0n) is 21.4. The lowest BCUT2D eigenvalue weighted by Gasteiger charge is -2.29. The van der Waals surface area contributed by atoms with Crippen molar-refractivity contribution in [1.82, 2.24) is 0 Å². The Balaban J connectivity index is 1.87. The Morgan fingerprint density at radius 3 is 1.46 bits per heavy atom. The predicted octanol–water partition coefficient (Wildman–Crippen LogP) is 7.08. The van der Waals surface area contributed by atoms with Gasteiger partial charge in [0.15, 0.2) is 6.29 Å². The summed E-state index contributed by atoms with van der Waals surface area (Å²) in [5.41, 5.74) is 0. The van der Waals surface area contributed by atoms with Crippen molar-refractivity contribution < 1.29 is 9.47 Å². The van der Waals surface area contributed by atoms with E-state index in [1.54, 1.807) is 0 Å². The van der Waals surface area contributed by atoms with Crippen LogP contribution in [0, 0.1) is 0 Å². The summed E-state index contributed by atoms with van der Waals surface area (Å²) >= 11 is 0. The zero-order valence-corrected chi connectivity index (χ0v) is 22.3. The predicted molar refractivity (Wildman–Crippen MR) is 155 cm³/mol. The highest BCUT2D eigenvalue weighted by molar-refractivity contribution is 7.94. The first-order valence-corrected chi connectivity index (χ1v) is 15.0. The third kappa shape index (κ3) is 8.07. The number of hydrogen-bond donors (Lipinski definition) is 0. The van der Waals surface area contributed by atoms with E-state index in [1.807, 2.05) is 0 Å². The lowest BCUT2D eigenvalue weighted by Crippen LogP contribution is -2.26. The molecule has 3 aromatic rings. The molecule has 0 spiro atoms. The summed E-state index contributed by atoms with van der Waals surface area (Å²) in [7, 11) is 0. The molecule has 2 nitrogen and oxygen atoms in total. The van der Waals surface area contributed by atoms with E-state index in [0.29, 0.717) is 0 Å². The fourth-order valence-corrected chi connectivity index (χ4v) is 8.16. The number of benzene rings is 3. The Kier molecular flexibility index (Phi) is 12.1. The minimum absolute atomic E-state index is 0.245. The zero-order chi connectivity index (χ0) is 24.6. The van der Waals surface area contributed by atoms with Crippen molar-refractivity contribution in [1.29, 1.82) is 0 Å². The van der Waals surface area contributed by atoms with Gasteiger partial charge in [-0.25, -0.2) is 0 Å².